The summed E-state index contributed by atoms with van der Waals surface area (Å²) in [6.07, 6.45) is 1.39. The monoisotopic (exact) mass is 952 g/mol. The van der Waals surface area contributed by atoms with E-state index in [-0.39, 0.29) is 142 Å². The van der Waals surface area contributed by atoms with Crippen molar-refractivity contribution in [3.8, 4) is 23.0 Å². The van der Waals surface area contributed by atoms with Crippen LogP contribution in [0.5, 0.6) is 23.0 Å². The number of ether oxygens (including phenoxy) is 2. The molecule has 22 heteroatoms. The van der Waals surface area contributed by atoms with Crippen molar-refractivity contribution in [3.05, 3.63) is 118 Å². The summed E-state index contributed by atoms with van der Waals surface area (Å²) in [5.41, 5.74) is 3.16. The average Bonchev–Trinajstić information content (AvgIpc) is 3.97. The molecule has 4 aromatic carbocycles. The molecule has 0 aliphatic carbocycles. The van der Waals surface area contributed by atoms with Crippen LogP contribution < -0.4 is 88.5 Å². The maximum absolute atomic E-state index is 12.9. The molecule has 4 fully saturated rings. The molecule has 0 unspecified atom stereocenters. The van der Waals surface area contributed by atoms with Gasteiger partial charge >= 0.3 is 84.6 Å². The van der Waals surface area contributed by atoms with E-state index in [2.05, 4.69) is 34.9 Å². The zero-order chi connectivity index (χ0) is 46.3. The Hall–Kier alpha value is -4.15. The number of hydrogen-bond donors (Lipinski definition) is 8. The number of nitrogens with one attached hydrogen (secondary N) is 2. The van der Waals surface area contributed by atoms with E-state index in [0.29, 0.717) is 62.0 Å². The number of hydrogen-bond acceptors (Lipinski definition) is 14. The first-order valence-corrected chi connectivity index (χ1v) is 22.5. The van der Waals surface area contributed by atoms with Crippen LogP contribution in [-0.4, -0.2) is 141 Å². The Bertz CT molecular complexity index is 2330. The van der Waals surface area contributed by atoms with Crippen LogP contribution in [0.2, 0.25) is 12.6 Å². The number of amides is 2. The number of carboxylic acid groups (broad SMARTS) is 2. The minimum Gasteiger partial charge on any atom is -0.669 e. The van der Waals surface area contributed by atoms with Crippen molar-refractivity contribution in [2.75, 3.05) is 39.3 Å². The Kier molecular flexibility index (Phi) is 16.3. The van der Waals surface area contributed by atoms with E-state index in [4.69, 9.17) is 18.8 Å². The van der Waals surface area contributed by atoms with Gasteiger partial charge in [0.2, 0.25) is 11.8 Å². The van der Waals surface area contributed by atoms with Crippen LogP contribution in [0.15, 0.2) is 84.9 Å². The second kappa shape index (κ2) is 21.5. The number of rotatable bonds is 10. The summed E-state index contributed by atoms with van der Waals surface area (Å²) < 4.78 is 22.2. The quantitative estimate of drug-likeness (QED) is 0.0705. The van der Waals surface area contributed by atoms with E-state index < -0.39 is 25.4 Å². The molecule has 0 aromatic heterocycles. The van der Waals surface area contributed by atoms with Crippen LogP contribution in [0.25, 0.3) is 0 Å². The first-order valence-electron chi connectivity index (χ1n) is 22.5. The van der Waals surface area contributed by atoms with Crippen molar-refractivity contribution < 1.29 is 127 Å². The molecule has 2 amide bonds. The van der Waals surface area contributed by atoms with E-state index in [9.17, 15) is 49.5 Å². The van der Waals surface area contributed by atoms with Crippen LogP contribution in [0.3, 0.4) is 0 Å². The molecule has 4 aromatic rings. The normalized spacial score (nSPS) is 23.2. The Morgan fingerprint density at radius 3 is 1.28 bits per heavy atom. The van der Waals surface area contributed by atoms with Gasteiger partial charge in [0.05, 0.1) is 49.8 Å². The molecule has 4 saturated heterocycles. The van der Waals surface area contributed by atoms with Gasteiger partial charge in [0.1, 0.15) is 34.8 Å². The molecule has 10 rings (SSSR count). The van der Waals surface area contributed by atoms with Crippen LogP contribution in [0, 0.1) is 0 Å². The standard InChI is InChI=1S/2C23H26BN2O7.2Na/c2*27-22(18-10-16(11-25-18)14-4-2-1-3-5-14)26-12-17(13-26)32-19-7-6-15-8-9-24(30,31)33-21(15)20(19)23(28)29;;/h2*1-7,16-18,25,30-31H,8-13H2,(H,28,29);;/q2*-1;2*+1/t2*16-,18-;;/m00../s1. The second-order valence-electron chi connectivity index (χ2n) is 18.1. The van der Waals surface area contributed by atoms with Gasteiger partial charge in [0, 0.05) is 13.1 Å². The van der Waals surface area contributed by atoms with E-state index >= 15 is 0 Å². The fourth-order valence-electron chi connectivity index (χ4n) is 9.65. The third-order valence-electron chi connectivity index (χ3n) is 13.3. The number of aryl methyl sites for hydroxylation is 2. The SMILES string of the molecule is O=C(O)c1c(OC2CN(C(=O)[C@@H]3C[C@H](c4ccccc4)CN3)C2)ccc2c1O[B-](O)(O)CC2.O=C(O)c1c(OC2CN(C(=O)[C@@H]3C[C@H](c4ccccc4)CN3)C2)ccc2c1O[B-](O)(O)CC2.[Na+].[Na+]. The van der Waals surface area contributed by atoms with Crippen molar-refractivity contribution in [1.29, 1.82) is 0 Å². The Morgan fingerprint density at radius 2 is 0.926 bits per heavy atom. The van der Waals surface area contributed by atoms with E-state index in [0.717, 1.165) is 25.9 Å². The number of carbonyl (C=O) groups excluding carboxylic acids is 2. The topological polar surface area (TPSA) is 257 Å². The molecule has 18 nitrogen and oxygen atoms in total. The van der Waals surface area contributed by atoms with Crippen molar-refractivity contribution in [2.45, 2.75) is 74.5 Å². The molecule has 4 atom stereocenters. The molecular formula is C46H52B2N4Na2O14. The summed E-state index contributed by atoms with van der Waals surface area (Å²) in [6, 6.07) is 26.3. The molecule has 0 saturated carbocycles. The van der Waals surface area contributed by atoms with Crippen LogP contribution in [0.1, 0.15) is 67.6 Å². The second-order valence-corrected chi connectivity index (χ2v) is 18.1. The molecule has 0 radical (unpaired) electrons. The minimum atomic E-state index is -3.10. The van der Waals surface area contributed by atoms with Gasteiger partial charge < -0.3 is 69.5 Å². The van der Waals surface area contributed by atoms with Crippen molar-refractivity contribution in [3.63, 3.8) is 0 Å². The van der Waals surface area contributed by atoms with Gasteiger partial charge in [-0.1, -0.05) is 85.4 Å². The molecular weight excluding hydrogens is 900 g/mol. The van der Waals surface area contributed by atoms with E-state index in [1.807, 2.05) is 36.4 Å². The summed E-state index contributed by atoms with van der Waals surface area (Å²) in [5, 5.41) is 65.5. The van der Waals surface area contributed by atoms with Gasteiger partial charge in [-0.05, 0) is 71.9 Å². The number of fused-ring (bicyclic) bond motifs is 2. The zero-order valence-corrected chi connectivity index (χ0v) is 42.0. The fraction of sp³-hybridized carbons (Fsp3) is 0.391. The molecule has 0 bridgehead atoms. The average molecular weight is 953 g/mol. The summed E-state index contributed by atoms with van der Waals surface area (Å²) in [4.78, 5) is 53.0. The molecule has 68 heavy (non-hydrogen) atoms. The summed E-state index contributed by atoms with van der Waals surface area (Å²) >= 11 is 0. The first kappa shape index (κ1) is 51.7. The summed E-state index contributed by atoms with van der Waals surface area (Å²) in [7, 11) is 0. The summed E-state index contributed by atoms with van der Waals surface area (Å²) in [5.74, 6) is -1.85. The number of likely N-dealkylation sites (tertiary alicyclic amines) is 2. The third-order valence-corrected chi connectivity index (χ3v) is 13.3. The summed E-state index contributed by atoms with van der Waals surface area (Å²) in [6.45, 7) is -3.25. The van der Waals surface area contributed by atoms with Gasteiger partial charge in [0.25, 0.3) is 0 Å². The fourth-order valence-corrected chi connectivity index (χ4v) is 9.65. The third kappa shape index (κ3) is 11.4. The van der Waals surface area contributed by atoms with Crippen molar-refractivity contribution in [1.82, 2.24) is 20.4 Å². The van der Waals surface area contributed by atoms with Crippen molar-refractivity contribution >= 4 is 37.3 Å². The predicted octanol–water partition coefficient (Wildman–Crippen LogP) is -4.03. The smallest absolute Gasteiger partial charge is 0.669 e. The first-order chi connectivity index (χ1) is 31.6. The van der Waals surface area contributed by atoms with E-state index in [1.165, 1.54) is 11.1 Å². The minimum absolute atomic E-state index is 0. The molecule has 6 heterocycles. The predicted molar refractivity (Wildman–Crippen MR) is 239 cm³/mol. The van der Waals surface area contributed by atoms with Gasteiger partial charge in [-0.15, -0.1) is 0 Å². The molecule has 6 aliphatic rings. The largest absolute Gasteiger partial charge is 1.00 e. The Balaban J connectivity index is 0.000000196. The number of carbonyl (C=O) groups is 4. The maximum Gasteiger partial charge on any atom is 1.00 e. The van der Waals surface area contributed by atoms with Gasteiger partial charge in [-0.2, -0.15) is 0 Å². The number of carboxylic acids is 2. The molecule has 6 aliphatic heterocycles. The Labute approximate surface area is 436 Å². The van der Waals surface area contributed by atoms with E-state index in [1.54, 1.807) is 34.1 Å². The molecule has 8 N–H and O–H groups in total. The van der Waals surface area contributed by atoms with Crippen LogP contribution in [0.4, 0.5) is 0 Å². The molecule has 0 spiro atoms. The van der Waals surface area contributed by atoms with Gasteiger partial charge in [-0.3, -0.25) is 9.59 Å². The number of benzene rings is 4. The zero-order valence-electron chi connectivity index (χ0n) is 38.0. The van der Waals surface area contributed by atoms with Crippen LogP contribution >= 0.6 is 0 Å². The maximum atomic E-state index is 12.9. The van der Waals surface area contributed by atoms with Gasteiger partial charge in [0.15, 0.2) is 0 Å². The van der Waals surface area contributed by atoms with Crippen molar-refractivity contribution in [2.24, 2.45) is 0 Å². The number of aromatic carboxylic acids is 2. The number of nitrogens with zero attached hydrogens (tertiary/aromatic N) is 2. The van der Waals surface area contributed by atoms with Crippen LogP contribution in [-0.2, 0) is 22.4 Å². The van der Waals surface area contributed by atoms with Gasteiger partial charge in [-0.25, -0.2) is 9.59 Å². The Morgan fingerprint density at radius 1 is 0.559 bits per heavy atom. The molecule has 348 valence electrons.